The van der Waals surface area contributed by atoms with Crippen molar-refractivity contribution in [3.8, 4) is 0 Å². The highest BCUT2D eigenvalue weighted by molar-refractivity contribution is 4.51. The van der Waals surface area contributed by atoms with E-state index in [0.29, 0.717) is 0 Å². The van der Waals surface area contributed by atoms with Crippen LogP contribution in [0.1, 0.15) is 90.4 Å². The van der Waals surface area contributed by atoms with Gasteiger partial charge in [0.05, 0.1) is 26.8 Å². The fourth-order valence-electron chi connectivity index (χ4n) is 3.52. The van der Waals surface area contributed by atoms with Crippen molar-refractivity contribution in [1.82, 2.24) is 0 Å². The topological polar surface area (TPSA) is 9.23 Å². The quantitative estimate of drug-likeness (QED) is 0.301. The lowest BCUT2D eigenvalue weighted by Gasteiger charge is -2.37. The minimum absolute atomic E-state index is 0.967. The van der Waals surface area contributed by atoms with E-state index in [2.05, 4.69) is 14.0 Å². The molecule has 1 rings (SSSR count). The van der Waals surface area contributed by atoms with Crippen LogP contribution in [0.25, 0.3) is 0 Å². The zero-order valence-electron chi connectivity index (χ0n) is 15.6. The van der Waals surface area contributed by atoms with Crippen LogP contribution < -0.4 is 0 Å². The molecular formula is C20H42NO+. The predicted octanol–water partition coefficient (Wildman–Crippen LogP) is 5.55. The van der Waals surface area contributed by atoms with E-state index in [4.69, 9.17) is 4.74 Å². The number of likely N-dealkylation sites (N-methyl/N-ethyl adjacent to an activating group) is 1. The Bertz CT molecular complexity index is 236. The summed E-state index contributed by atoms with van der Waals surface area (Å²) in [4.78, 5) is 0. The van der Waals surface area contributed by atoms with Gasteiger partial charge in [0, 0.05) is 0 Å². The normalized spacial score (nSPS) is 17.7. The second-order valence-electron chi connectivity index (χ2n) is 7.65. The van der Waals surface area contributed by atoms with E-state index in [1.54, 1.807) is 0 Å². The minimum Gasteiger partial charge on any atom is -0.370 e. The van der Waals surface area contributed by atoms with Gasteiger partial charge in [-0.2, -0.15) is 0 Å². The van der Waals surface area contributed by atoms with Crippen LogP contribution in [-0.4, -0.2) is 44.4 Å². The van der Waals surface area contributed by atoms with Gasteiger partial charge in [-0.3, -0.25) is 0 Å². The van der Waals surface area contributed by atoms with Crippen LogP contribution in [0.4, 0.5) is 0 Å². The van der Waals surface area contributed by atoms with Crippen molar-refractivity contribution in [2.75, 3.05) is 39.9 Å². The van der Waals surface area contributed by atoms with E-state index in [9.17, 15) is 0 Å². The summed E-state index contributed by atoms with van der Waals surface area (Å²) in [6.45, 7) is 8.03. The molecule has 0 aromatic heterocycles. The van der Waals surface area contributed by atoms with Crippen LogP contribution in [0.5, 0.6) is 0 Å². The monoisotopic (exact) mass is 312 g/mol. The molecule has 2 nitrogen and oxygen atoms in total. The number of rotatable bonds is 14. The SMILES string of the molecule is CCCCCCCCCCCCCCC[N+]1(C)CCOCC1. The lowest BCUT2D eigenvalue weighted by Crippen LogP contribution is -2.52. The fourth-order valence-corrected chi connectivity index (χ4v) is 3.52. The van der Waals surface area contributed by atoms with Crippen LogP contribution in [-0.2, 0) is 4.74 Å². The summed E-state index contributed by atoms with van der Waals surface area (Å²) in [5, 5.41) is 0. The number of unbranched alkanes of at least 4 members (excludes halogenated alkanes) is 12. The minimum atomic E-state index is 0.967. The Labute approximate surface area is 140 Å². The summed E-state index contributed by atoms with van der Waals surface area (Å²) >= 11 is 0. The molecule has 1 fully saturated rings. The van der Waals surface area contributed by atoms with Gasteiger partial charge in [0.1, 0.15) is 13.1 Å². The first kappa shape index (κ1) is 20.0. The Morgan fingerprint density at radius 2 is 1.05 bits per heavy atom. The van der Waals surface area contributed by atoms with Gasteiger partial charge in [-0.15, -0.1) is 0 Å². The average molecular weight is 313 g/mol. The Kier molecular flexibility index (Phi) is 12.1. The summed E-state index contributed by atoms with van der Waals surface area (Å²) in [6.07, 6.45) is 18.8. The molecule has 0 spiro atoms. The summed E-state index contributed by atoms with van der Waals surface area (Å²) in [5.41, 5.74) is 0. The Hall–Kier alpha value is -0.0800. The molecule has 1 heterocycles. The van der Waals surface area contributed by atoms with Gasteiger partial charge in [0.25, 0.3) is 0 Å². The van der Waals surface area contributed by atoms with Crippen molar-refractivity contribution >= 4 is 0 Å². The largest absolute Gasteiger partial charge is 0.370 e. The smallest absolute Gasteiger partial charge is 0.102 e. The van der Waals surface area contributed by atoms with Gasteiger partial charge in [-0.1, -0.05) is 77.6 Å². The van der Waals surface area contributed by atoms with Crippen molar-refractivity contribution in [2.45, 2.75) is 90.4 Å². The summed E-state index contributed by atoms with van der Waals surface area (Å²) in [6, 6.07) is 0. The molecule has 0 unspecified atom stereocenters. The maximum absolute atomic E-state index is 5.47. The zero-order valence-corrected chi connectivity index (χ0v) is 15.6. The maximum Gasteiger partial charge on any atom is 0.102 e. The maximum atomic E-state index is 5.47. The molecule has 0 radical (unpaired) electrons. The summed E-state index contributed by atoms with van der Waals surface area (Å²) < 4.78 is 6.72. The molecule has 2 heteroatoms. The molecule has 0 amide bonds. The average Bonchev–Trinajstić information content (AvgIpc) is 2.52. The van der Waals surface area contributed by atoms with Crippen LogP contribution in [0.2, 0.25) is 0 Å². The Morgan fingerprint density at radius 3 is 1.50 bits per heavy atom. The number of morpholine rings is 1. The van der Waals surface area contributed by atoms with Gasteiger partial charge in [-0.25, -0.2) is 0 Å². The van der Waals surface area contributed by atoms with Crippen LogP contribution >= 0.6 is 0 Å². The van der Waals surface area contributed by atoms with Crippen molar-refractivity contribution in [2.24, 2.45) is 0 Å². The molecule has 1 aliphatic heterocycles. The lowest BCUT2D eigenvalue weighted by molar-refractivity contribution is -0.917. The van der Waals surface area contributed by atoms with Crippen LogP contribution in [0, 0.1) is 0 Å². The summed E-state index contributed by atoms with van der Waals surface area (Å²) in [7, 11) is 2.41. The zero-order chi connectivity index (χ0) is 15.9. The molecule has 0 saturated carbocycles. The number of quaternary nitrogens is 1. The molecular weight excluding hydrogens is 270 g/mol. The molecule has 1 saturated heterocycles. The van der Waals surface area contributed by atoms with Crippen molar-refractivity contribution < 1.29 is 9.22 Å². The number of nitrogens with zero attached hydrogens (tertiary/aromatic N) is 1. The predicted molar refractivity (Wildman–Crippen MR) is 97.3 cm³/mol. The highest BCUT2D eigenvalue weighted by Gasteiger charge is 2.23. The highest BCUT2D eigenvalue weighted by Crippen LogP contribution is 2.14. The van der Waals surface area contributed by atoms with Crippen molar-refractivity contribution in [3.05, 3.63) is 0 Å². The Balaban J connectivity index is 1.76. The highest BCUT2D eigenvalue weighted by atomic mass is 16.5. The third-order valence-corrected chi connectivity index (χ3v) is 5.35. The second-order valence-corrected chi connectivity index (χ2v) is 7.65. The van der Waals surface area contributed by atoms with E-state index >= 15 is 0 Å². The standard InChI is InChI=1S/C20H42NO/c1-3-4-5-6-7-8-9-10-11-12-13-14-15-16-21(2)17-19-22-20-18-21/h3-20H2,1-2H3/q+1. The van der Waals surface area contributed by atoms with E-state index in [0.717, 1.165) is 13.2 Å². The van der Waals surface area contributed by atoms with Gasteiger partial charge in [-0.05, 0) is 12.8 Å². The number of ether oxygens (including phenoxy) is 1. The molecule has 0 aliphatic carbocycles. The van der Waals surface area contributed by atoms with Gasteiger partial charge < -0.3 is 9.22 Å². The van der Waals surface area contributed by atoms with Crippen LogP contribution in [0.15, 0.2) is 0 Å². The van der Waals surface area contributed by atoms with Crippen LogP contribution in [0.3, 0.4) is 0 Å². The number of hydrogen-bond donors (Lipinski definition) is 0. The van der Waals surface area contributed by atoms with E-state index < -0.39 is 0 Å². The van der Waals surface area contributed by atoms with Gasteiger partial charge in [0.2, 0.25) is 0 Å². The first-order chi connectivity index (χ1) is 10.8. The molecule has 0 N–H and O–H groups in total. The third kappa shape index (κ3) is 10.6. The first-order valence-electron chi connectivity index (χ1n) is 10.2. The molecule has 0 aromatic carbocycles. The molecule has 1 aliphatic rings. The third-order valence-electron chi connectivity index (χ3n) is 5.35. The molecule has 22 heavy (non-hydrogen) atoms. The second kappa shape index (κ2) is 13.4. The molecule has 0 bridgehead atoms. The van der Waals surface area contributed by atoms with E-state index in [1.807, 2.05) is 0 Å². The van der Waals surface area contributed by atoms with E-state index in [-0.39, 0.29) is 0 Å². The van der Waals surface area contributed by atoms with Gasteiger partial charge >= 0.3 is 0 Å². The van der Waals surface area contributed by atoms with Gasteiger partial charge in [0.15, 0.2) is 0 Å². The molecule has 132 valence electrons. The number of hydrogen-bond acceptors (Lipinski definition) is 1. The van der Waals surface area contributed by atoms with Crippen molar-refractivity contribution in [1.29, 1.82) is 0 Å². The Morgan fingerprint density at radius 1 is 0.636 bits per heavy atom. The lowest BCUT2D eigenvalue weighted by atomic mass is 10.0. The summed E-state index contributed by atoms with van der Waals surface area (Å²) in [5.74, 6) is 0. The molecule has 0 aromatic rings. The molecule has 0 atom stereocenters. The fraction of sp³-hybridized carbons (Fsp3) is 1.00. The van der Waals surface area contributed by atoms with E-state index in [1.165, 1.54) is 108 Å². The first-order valence-corrected chi connectivity index (χ1v) is 10.2. The van der Waals surface area contributed by atoms with Crippen molar-refractivity contribution in [3.63, 3.8) is 0 Å².